The number of sulfone groups is 1. The molecule has 2 aromatic rings. The first-order chi connectivity index (χ1) is 8.97. The maximum absolute atomic E-state index is 11.4. The van der Waals surface area contributed by atoms with Crippen LogP contribution in [0.15, 0.2) is 58.4 Å². The van der Waals surface area contributed by atoms with Gasteiger partial charge in [0.25, 0.3) is 0 Å². The lowest BCUT2D eigenvalue weighted by Crippen LogP contribution is -1.96. The summed E-state index contributed by atoms with van der Waals surface area (Å²) >= 11 is 0. The summed E-state index contributed by atoms with van der Waals surface area (Å²) in [5, 5.41) is 9.67. The second-order valence-electron chi connectivity index (χ2n) is 4.09. The summed E-state index contributed by atoms with van der Waals surface area (Å²) in [6.45, 7) is 0. The monoisotopic (exact) mass is 275 g/mol. The van der Waals surface area contributed by atoms with Gasteiger partial charge in [-0.15, -0.1) is 0 Å². The molecule has 4 nitrogen and oxygen atoms in total. The summed E-state index contributed by atoms with van der Waals surface area (Å²) in [5.74, 6) is -0.0559. The van der Waals surface area contributed by atoms with Crippen molar-refractivity contribution in [3.8, 4) is 5.75 Å². The summed E-state index contributed by atoms with van der Waals surface area (Å²) in [6.07, 6.45) is 2.69. The Morgan fingerprint density at radius 2 is 1.79 bits per heavy atom. The highest BCUT2D eigenvalue weighted by Crippen LogP contribution is 2.28. The van der Waals surface area contributed by atoms with Crippen molar-refractivity contribution >= 4 is 21.7 Å². The normalized spacial score (nSPS) is 11.8. The number of hydrogen-bond acceptors (Lipinski definition) is 4. The van der Waals surface area contributed by atoms with Crippen LogP contribution in [0.5, 0.6) is 5.75 Å². The van der Waals surface area contributed by atoms with Gasteiger partial charge in [0.05, 0.1) is 4.90 Å². The second-order valence-corrected chi connectivity index (χ2v) is 6.11. The van der Waals surface area contributed by atoms with E-state index in [1.165, 1.54) is 18.2 Å². The fourth-order valence-electron chi connectivity index (χ4n) is 1.52. The zero-order valence-electron chi connectivity index (χ0n) is 10.3. The second kappa shape index (κ2) is 5.24. The quantitative estimate of drug-likeness (QED) is 0.875. The highest BCUT2D eigenvalue weighted by atomic mass is 32.2. The van der Waals surface area contributed by atoms with E-state index in [9.17, 15) is 13.5 Å². The van der Waals surface area contributed by atoms with Crippen LogP contribution in [-0.4, -0.2) is 26.0 Å². The predicted molar refractivity (Wildman–Crippen MR) is 74.9 cm³/mol. The molecule has 0 aliphatic rings. The third kappa shape index (κ3) is 3.42. The van der Waals surface area contributed by atoms with Crippen LogP contribution < -0.4 is 0 Å². The summed E-state index contributed by atoms with van der Waals surface area (Å²) in [5.41, 5.74) is 1.10. The SMILES string of the molecule is CS(=O)(=O)c1ccc(O)c(N=Cc2ccccc2)c1. The van der Waals surface area contributed by atoms with Crippen LogP contribution in [-0.2, 0) is 9.84 Å². The van der Waals surface area contributed by atoms with E-state index in [2.05, 4.69) is 4.99 Å². The van der Waals surface area contributed by atoms with E-state index in [0.717, 1.165) is 11.8 Å². The van der Waals surface area contributed by atoms with Crippen molar-refractivity contribution in [2.75, 3.05) is 6.26 Å². The number of aromatic hydroxyl groups is 1. The van der Waals surface area contributed by atoms with Gasteiger partial charge in [0.1, 0.15) is 11.4 Å². The Kier molecular flexibility index (Phi) is 3.66. The molecule has 0 aromatic heterocycles. The van der Waals surface area contributed by atoms with E-state index >= 15 is 0 Å². The fraction of sp³-hybridized carbons (Fsp3) is 0.0714. The van der Waals surface area contributed by atoms with Crippen LogP contribution >= 0.6 is 0 Å². The van der Waals surface area contributed by atoms with Gasteiger partial charge < -0.3 is 5.11 Å². The minimum Gasteiger partial charge on any atom is -0.506 e. The predicted octanol–water partition coefficient (Wildman–Crippen LogP) is 2.55. The maximum atomic E-state index is 11.4. The van der Waals surface area contributed by atoms with Crippen molar-refractivity contribution in [3.05, 3.63) is 54.1 Å². The molecular weight excluding hydrogens is 262 g/mol. The zero-order valence-corrected chi connectivity index (χ0v) is 11.1. The molecule has 2 aromatic carbocycles. The standard InChI is InChI=1S/C14H13NO3S/c1-19(17,18)12-7-8-14(16)13(9-12)15-10-11-5-3-2-4-6-11/h2-10,16H,1H3. The van der Waals surface area contributed by atoms with E-state index in [1.54, 1.807) is 6.21 Å². The van der Waals surface area contributed by atoms with Crippen LogP contribution in [0.3, 0.4) is 0 Å². The topological polar surface area (TPSA) is 66.7 Å². The molecule has 1 N–H and O–H groups in total. The molecule has 0 aliphatic carbocycles. The number of benzene rings is 2. The van der Waals surface area contributed by atoms with Gasteiger partial charge in [-0.3, -0.25) is 4.99 Å². The minimum atomic E-state index is -3.31. The van der Waals surface area contributed by atoms with Crippen molar-refractivity contribution in [2.45, 2.75) is 4.90 Å². The molecule has 0 heterocycles. The average molecular weight is 275 g/mol. The molecule has 0 spiro atoms. The molecule has 0 bridgehead atoms. The molecule has 0 fully saturated rings. The highest BCUT2D eigenvalue weighted by Gasteiger charge is 2.09. The van der Waals surface area contributed by atoms with Gasteiger partial charge in [-0.05, 0) is 23.8 Å². The van der Waals surface area contributed by atoms with E-state index in [4.69, 9.17) is 0 Å². The molecule has 2 rings (SSSR count). The Hall–Kier alpha value is -2.14. The Bertz CT molecular complexity index is 707. The molecule has 0 saturated carbocycles. The number of hydrogen-bond donors (Lipinski definition) is 1. The molecule has 0 amide bonds. The van der Waals surface area contributed by atoms with Gasteiger partial charge in [-0.1, -0.05) is 30.3 Å². The number of phenols is 1. The average Bonchev–Trinajstić information content (AvgIpc) is 2.37. The first kappa shape index (κ1) is 13.3. The molecule has 0 unspecified atom stereocenters. The van der Waals surface area contributed by atoms with Crippen LogP contribution in [0.4, 0.5) is 5.69 Å². The molecule has 0 aliphatic heterocycles. The first-order valence-electron chi connectivity index (χ1n) is 5.59. The molecule has 5 heteroatoms. The van der Waals surface area contributed by atoms with Crippen LogP contribution in [0.1, 0.15) is 5.56 Å². The van der Waals surface area contributed by atoms with E-state index in [-0.39, 0.29) is 16.3 Å². The Balaban J connectivity index is 2.38. The van der Waals surface area contributed by atoms with E-state index < -0.39 is 9.84 Å². The van der Waals surface area contributed by atoms with Gasteiger partial charge in [0.2, 0.25) is 0 Å². The third-order valence-corrected chi connectivity index (χ3v) is 3.64. The number of rotatable bonds is 3. The lowest BCUT2D eigenvalue weighted by molar-refractivity contribution is 0.476. The molecule has 0 atom stereocenters. The maximum Gasteiger partial charge on any atom is 0.175 e. The van der Waals surface area contributed by atoms with Gasteiger partial charge >= 0.3 is 0 Å². The largest absolute Gasteiger partial charge is 0.506 e. The van der Waals surface area contributed by atoms with Crippen molar-refractivity contribution in [2.24, 2.45) is 4.99 Å². The van der Waals surface area contributed by atoms with Gasteiger partial charge in [-0.2, -0.15) is 0 Å². The fourth-order valence-corrected chi connectivity index (χ4v) is 2.16. The summed E-state index contributed by atoms with van der Waals surface area (Å²) in [4.78, 5) is 4.24. The lowest BCUT2D eigenvalue weighted by atomic mass is 10.2. The first-order valence-corrected chi connectivity index (χ1v) is 7.48. The third-order valence-electron chi connectivity index (χ3n) is 2.53. The van der Waals surface area contributed by atoms with Crippen LogP contribution in [0.25, 0.3) is 0 Å². The highest BCUT2D eigenvalue weighted by molar-refractivity contribution is 7.90. The molecular formula is C14H13NO3S. The summed E-state index contributed by atoms with van der Waals surface area (Å²) < 4.78 is 22.9. The Morgan fingerprint density at radius 3 is 2.42 bits per heavy atom. The number of aliphatic imine (C=N–C) groups is 1. The Labute approximate surface area is 112 Å². The van der Waals surface area contributed by atoms with Gasteiger partial charge in [0.15, 0.2) is 9.84 Å². The van der Waals surface area contributed by atoms with Crippen molar-refractivity contribution in [3.63, 3.8) is 0 Å². The van der Waals surface area contributed by atoms with Crippen LogP contribution in [0, 0.1) is 0 Å². The summed E-state index contributed by atoms with van der Waals surface area (Å²) in [6, 6.07) is 13.4. The molecule has 0 radical (unpaired) electrons. The number of phenolic OH excluding ortho intramolecular Hbond substituents is 1. The minimum absolute atomic E-state index is 0.0559. The van der Waals surface area contributed by atoms with Gasteiger partial charge in [0, 0.05) is 12.5 Å². The van der Waals surface area contributed by atoms with Crippen LogP contribution in [0.2, 0.25) is 0 Å². The van der Waals surface area contributed by atoms with Crippen molar-refractivity contribution in [1.29, 1.82) is 0 Å². The Morgan fingerprint density at radius 1 is 1.11 bits per heavy atom. The molecule has 98 valence electrons. The lowest BCUT2D eigenvalue weighted by Gasteiger charge is -2.02. The van der Waals surface area contributed by atoms with Crippen molar-refractivity contribution < 1.29 is 13.5 Å². The molecule has 0 saturated heterocycles. The molecule has 19 heavy (non-hydrogen) atoms. The van der Waals surface area contributed by atoms with Crippen molar-refractivity contribution in [1.82, 2.24) is 0 Å². The van der Waals surface area contributed by atoms with Gasteiger partial charge in [-0.25, -0.2) is 8.42 Å². The van der Waals surface area contributed by atoms with E-state index in [1.807, 2.05) is 30.3 Å². The van der Waals surface area contributed by atoms with E-state index in [0.29, 0.717) is 0 Å². The smallest absolute Gasteiger partial charge is 0.175 e. The summed E-state index contributed by atoms with van der Waals surface area (Å²) in [7, 11) is -3.31. The zero-order chi connectivity index (χ0) is 13.9. The number of nitrogens with zero attached hydrogens (tertiary/aromatic N) is 1.